The molecule has 4 heteroatoms. The maximum absolute atomic E-state index is 10.9. The zero-order valence-electron chi connectivity index (χ0n) is 14.5. The van der Waals surface area contributed by atoms with Crippen molar-refractivity contribution in [2.24, 2.45) is 0 Å². The summed E-state index contributed by atoms with van der Waals surface area (Å²) >= 11 is 0. The number of carbonyl (C=O) groups is 1. The van der Waals surface area contributed by atoms with Crippen LogP contribution in [0.4, 0.5) is 0 Å². The minimum Gasteiger partial charge on any atom is -0.480 e. The number of likely N-dealkylation sites (N-methyl/N-ethyl adjacent to an activating group) is 1. The Kier molecular flexibility index (Phi) is 7.06. The summed E-state index contributed by atoms with van der Waals surface area (Å²) < 4.78 is 0. The lowest BCUT2D eigenvalue weighted by Gasteiger charge is -2.37. The number of benzene rings is 1. The summed E-state index contributed by atoms with van der Waals surface area (Å²) in [5.74, 6) is -0.718. The van der Waals surface area contributed by atoms with E-state index in [0.717, 1.165) is 51.9 Å². The number of rotatable bonds is 8. The lowest BCUT2D eigenvalue weighted by molar-refractivity contribution is -0.139. The number of piperidine rings is 1. The van der Waals surface area contributed by atoms with E-state index in [9.17, 15) is 4.79 Å². The van der Waals surface area contributed by atoms with Crippen LogP contribution < -0.4 is 0 Å². The highest BCUT2D eigenvalue weighted by Crippen LogP contribution is 2.17. The number of aliphatic carboxylic acids is 1. The summed E-state index contributed by atoms with van der Waals surface area (Å²) in [6.07, 6.45) is 4.35. The Hall–Kier alpha value is -1.39. The van der Waals surface area contributed by atoms with Crippen molar-refractivity contribution in [3.63, 3.8) is 0 Å². The van der Waals surface area contributed by atoms with Crippen LogP contribution in [0.1, 0.15) is 37.8 Å². The molecular formula is C19H30N2O2. The Morgan fingerprint density at radius 2 is 1.78 bits per heavy atom. The van der Waals surface area contributed by atoms with Crippen molar-refractivity contribution in [2.45, 2.75) is 45.6 Å². The first-order valence-corrected chi connectivity index (χ1v) is 8.88. The molecule has 128 valence electrons. The molecule has 1 aliphatic heterocycles. The van der Waals surface area contributed by atoms with Crippen molar-refractivity contribution in [3.8, 4) is 0 Å². The Bertz CT molecular complexity index is 479. The molecule has 0 spiro atoms. The van der Waals surface area contributed by atoms with E-state index in [-0.39, 0.29) is 6.54 Å². The quantitative estimate of drug-likeness (QED) is 0.800. The molecule has 1 heterocycles. The summed E-state index contributed by atoms with van der Waals surface area (Å²) in [5.41, 5.74) is 2.80. The molecule has 0 unspecified atom stereocenters. The molecule has 1 fully saturated rings. The molecular weight excluding hydrogens is 288 g/mol. The van der Waals surface area contributed by atoms with Gasteiger partial charge in [0.1, 0.15) is 0 Å². The lowest BCUT2D eigenvalue weighted by Crippen LogP contribution is -2.46. The van der Waals surface area contributed by atoms with Gasteiger partial charge in [-0.05, 0) is 56.4 Å². The number of hydrogen-bond acceptors (Lipinski definition) is 3. The second-order valence-electron chi connectivity index (χ2n) is 6.45. The van der Waals surface area contributed by atoms with Crippen LogP contribution in [0.2, 0.25) is 0 Å². The van der Waals surface area contributed by atoms with Gasteiger partial charge in [0.2, 0.25) is 0 Å². The molecule has 0 radical (unpaired) electrons. The molecule has 0 aromatic heterocycles. The van der Waals surface area contributed by atoms with E-state index in [0.29, 0.717) is 6.04 Å². The minimum absolute atomic E-state index is 0.172. The molecule has 4 nitrogen and oxygen atoms in total. The normalized spacial score (nSPS) is 16.8. The van der Waals surface area contributed by atoms with Gasteiger partial charge >= 0.3 is 5.97 Å². The first-order valence-electron chi connectivity index (χ1n) is 8.88. The first-order chi connectivity index (χ1) is 11.1. The SMILES string of the molecule is CCc1ccc(CCN2CCC(N(CC)CC(=O)O)CC2)cc1. The van der Waals surface area contributed by atoms with Crippen molar-refractivity contribution in [2.75, 3.05) is 32.7 Å². The van der Waals surface area contributed by atoms with Gasteiger partial charge in [0, 0.05) is 12.6 Å². The van der Waals surface area contributed by atoms with Crippen LogP contribution in [0.15, 0.2) is 24.3 Å². The third-order valence-electron chi connectivity index (χ3n) is 4.97. The Morgan fingerprint density at radius 1 is 1.17 bits per heavy atom. The van der Waals surface area contributed by atoms with Crippen LogP contribution >= 0.6 is 0 Å². The van der Waals surface area contributed by atoms with Crippen molar-refractivity contribution < 1.29 is 9.90 Å². The third-order valence-corrected chi connectivity index (χ3v) is 4.97. The van der Waals surface area contributed by atoms with E-state index < -0.39 is 5.97 Å². The predicted octanol–water partition coefficient (Wildman–Crippen LogP) is 2.66. The number of likely N-dealkylation sites (tertiary alicyclic amines) is 1. The van der Waals surface area contributed by atoms with E-state index in [4.69, 9.17) is 5.11 Å². The van der Waals surface area contributed by atoms with Crippen LogP contribution in [0.5, 0.6) is 0 Å². The van der Waals surface area contributed by atoms with E-state index >= 15 is 0 Å². The van der Waals surface area contributed by atoms with Crippen molar-refractivity contribution in [3.05, 3.63) is 35.4 Å². The van der Waals surface area contributed by atoms with Crippen LogP contribution in [-0.2, 0) is 17.6 Å². The van der Waals surface area contributed by atoms with Gasteiger partial charge in [-0.2, -0.15) is 0 Å². The second kappa shape index (κ2) is 9.04. The Labute approximate surface area is 140 Å². The van der Waals surface area contributed by atoms with Crippen LogP contribution in [0.25, 0.3) is 0 Å². The summed E-state index contributed by atoms with van der Waals surface area (Å²) in [7, 11) is 0. The van der Waals surface area contributed by atoms with Crippen LogP contribution in [0.3, 0.4) is 0 Å². The minimum atomic E-state index is -0.718. The number of carboxylic acids is 1. The average Bonchev–Trinajstić information content (AvgIpc) is 2.58. The average molecular weight is 318 g/mol. The Balaban J connectivity index is 1.74. The number of carboxylic acid groups (broad SMARTS) is 1. The molecule has 1 aromatic carbocycles. The number of nitrogens with zero attached hydrogens (tertiary/aromatic N) is 2. The molecule has 1 aromatic rings. The highest BCUT2D eigenvalue weighted by atomic mass is 16.4. The third kappa shape index (κ3) is 5.63. The largest absolute Gasteiger partial charge is 0.480 e. The molecule has 0 saturated carbocycles. The van der Waals surface area contributed by atoms with Gasteiger partial charge < -0.3 is 10.0 Å². The molecule has 1 aliphatic rings. The lowest BCUT2D eigenvalue weighted by atomic mass is 10.0. The molecule has 1 N–H and O–H groups in total. The fourth-order valence-electron chi connectivity index (χ4n) is 3.41. The maximum Gasteiger partial charge on any atom is 0.317 e. The van der Waals surface area contributed by atoms with Gasteiger partial charge in [-0.25, -0.2) is 0 Å². The van der Waals surface area contributed by atoms with E-state index in [1.54, 1.807) is 0 Å². The van der Waals surface area contributed by atoms with E-state index in [1.165, 1.54) is 11.1 Å². The van der Waals surface area contributed by atoms with Crippen LogP contribution in [0, 0.1) is 0 Å². The zero-order valence-corrected chi connectivity index (χ0v) is 14.5. The van der Waals surface area contributed by atoms with Crippen molar-refractivity contribution in [1.29, 1.82) is 0 Å². The first kappa shape index (κ1) is 18.0. The molecule has 1 saturated heterocycles. The predicted molar refractivity (Wildman–Crippen MR) is 93.9 cm³/mol. The standard InChI is InChI=1S/C19H30N2O2/c1-3-16-5-7-17(8-6-16)9-12-20-13-10-18(11-14-20)21(4-2)15-19(22)23/h5-8,18H,3-4,9-15H2,1-2H3,(H,22,23). The van der Waals surface area contributed by atoms with Gasteiger partial charge in [-0.3, -0.25) is 9.69 Å². The summed E-state index contributed by atoms with van der Waals surface area (Å²) in [6.45, 7) is 8.48. The van der Waals surface area contributed by atoms with Gasteiger partial charge in [-0.15, -0.1) is 0 Å². The van der Waals surface area contributed by atoms with Gasteiger partial charge in [0.05, 0.1) is 6.54 Å². The number of aryl methyl sites for hydroxylation is 1. The monoisotopic (exact) mass is 318 g/mol. The fraction of sp³-hybridized carbons (Fsp3) is 0.632. The van der Waals surface area contributed by atoms with Gasteiger partial charge in [-0.1, -0.05) is 38.1 Å². The molecule has 0 aliphatic carbocycles. The molecule has 23 heavy (non-hydrogen) atoms. The van der Waals surface area contributed by atoms with Gasteiger partial charge in [0.25, 0.3) is 0 Å². The van der Waals surface area contributed by atoms with Crippen molar-refractivity contribution >= 4 is 5.97 Å². The molecule has 0 bridgehead atoms. The summed E-state index contributed by atoms with van der Waals surface area (Å²) in [5, 5.41) is 8.99. The molecule has 0 amide bonds. The highest BCUT2D eigenvalue weighted by molar-refractivity contribution is 5.69. The van der Waals surface area contributed by atoms with E-state index in [2.05, 4.69) is 47.9 Å². The Morgan fingerprint density at radius 3 is 2.30 bits per heavy atom. The highest BCUT2D eigenvalue weighted by Gasteiger charge is 2.24. The molecule has 0 atom stereocenters. The number of hydrogen-bond donors (Lipinski definition) is 1. The summed E-state index contributed by atoms with van der Waals surface area (Å²) in [6, 6.07) is 9.38. The smallest absolute Gasteiger partial charge is 0.317 e. The van der Waals surface area contributed by atoms with Crippen LogP contribution in [-0.4, -0.2) is 59.6 Å². The fourth-order valence-corrected chi connectivity index (χ4v) is 3.41. The second-order valence-corrected chi connectivity index (χ2v) is 6.45. The van der Waals surface area contributed by atoms with E-state index in [1.807, 2.05) is 0 Å². The maximum atomic E-state index is 10.9. The molecule has 2 rings (SSSR count). The topological polar surface area (TPSA) is 43.8 Å². The summed E-state index contributed by atoms with van der Waals surface area (Å²) in [4.78, 5) is 15.5. The van der Waals surface area contributed by atoms with Gasteiger partial charge in [0.15, 0.2) is 0 Å². The van der Waals surface area contributed by atoms with Crippen molar-refractivity contribution in [1.82, 2.24) is 9.80 Å². The zero-order chi connectivity index (χ0) is 16.7.